The molecule has 0 fully saturated rings. The van der Waals surface area contributed by atoms with E-state index in [-0.39, 0.29) is 5.97 Å². The van der Waals surface area contributed by atoms with Crippen molar-refractivity contribution in [2.75, 3.05) is 27.7 Å². The largest absolute Gasteiger partial charge is 0.467 e. The summed E-state index contributed by atoms with van der Waals surface area (Å²) in [6.07, 6.45) is 2.12. The summed E-state index contributed by atoms with van der Waals surface area (Å²) in [5, 5.41) is 3.20. The van der Waals surface area contributed by atoms with E-state index in [2.05, 4.69) is 31.1 Å². The van der Waals surface area contributed by atoms with Crippen molar-refractivity contribution in [3.63, 3.8) is 0 Å². The van der Waals surface area contributed by atoms with E-state index in [1.807, 2.05) is 37.4 Å². The van der Waals surface area contributed by atoms with Crippen molar-refractivity contribution < 1.29 is 9.53 Å². The number of carbonyl (C=O) groups excluding carboxylic acids is 1. The van der Waals surface area contributed by atoms with Gasteiger partial charge in [-0.05, 0) is 32.5 Å². The number of likely N-dealkylation sites (N-methyl/N-ethyl adjacent to an activating group) is 2. The Bertz CT molecular complexity index is 432. The van der Waals surface area contributed by atoms with Gasteiger partial charge in [-0.1, -0.05) is 44.2 Å². The van der Waals surface area contributed by atoms with E-state index in [1.54, 1.807) is 0 Å². The van der Waals surface area contributed by atoms with Gasteiger partial charge in [0.2, 0.25) is 0 Å². The summed E-state index contributed by atoms with van der Waals surface area (Å²) in [6, 6.07) is 10.2. The van der Waals surface area contributed by atoms with Crippen molar-refractivity contribution in [1.82, 2.24) is 10.2 Å². The number of ether oxygens (including phenoxy) is 1. The average molecular weight is 292 g/mol. The van der Waals surface area contributed by atoms with Crippen LogP contribution < -0.4 is 5.32 Å². The van der Waals surface area contributed by atoms with Crippen LogP contribution in [0.5, 0.6) is 0 Å². The molecule has 0 saturated carbocycles. The molecule has 1 rings (SSSR count). The first kappa shape index (κ1) is 17.7. The minimum atomic E-state index is -0.840. The molecule has 4 nitrogen and oxygen atoms in total. The first-order valence-corrected chi connectivity index (χ1v) is 7.58. The number of hydrogen-bond donors (Lipinski definition) is 1. The van der Waals surface area contributed by atoms with Crippen molar-refractivity contribution >= 4 is 5.97 Å². The number of hydrogen-bond acceptors (Lipinski definition) is 4. The maximum Gasteiger partial charge on any atom is 0.332 e. The van der Waals surface area contributed by atoms with Gasteiger partial charge >= 0.3 is 5.97 Å². The lowest BCUT2D eigenvalue weighted by atomic mass is 9.88. The SMILES string of the molecule is CCC(CC)N(C)CC(NC)(C(=O)OC)c1ccccc1. The highest BCUT2D eigenvalue weighted by Crippen LogP contribution is 2.25. The molecule has 1 aromatic carbocycles. The van der Waals surface area contributed by atoms with Crippen LogP contribution >= 0.6 is 0 Å². The monoisotopic (exact) mass is 292 g/mol. The molecule has 118 valence electrons. The smallest absolute Gasteiger partial charge is 0.332 e. The van der Waals surface area contributed by atoms with Crippen LogP contribution in [-0.4, -0.2) is 44.7 Å². The molecular formula is C17H28N2O2. The van der Waals surface area contributed by atoms with Gasteiger partial charge in [0, 0.05) is 12.6 Å². The molecule has 1 N–H and O–H groups in total. The van der Waals surface area contributed by atoms with Gasteiger partial charge < -0.3 is 15.0 Å². The molecule has 0 aliphatic heterocycles. The quantitative estimate of drug-likeness (QED) is 0.747. The van der Waals surface area contributed by atoms with E-state index in [0.29, 0.717) is 12.6 Å². The van der Waals surface area contributed by atoms with Gasteiger partial charge in [-0.15, -0.1) is 0 Å². The minimum Gasteiger partial charge on any atom is -0.467 e. The highest BCUT2D eigenvalue weighted by molar-refractivity contribution is 5.83. The third kappa shape index (κ3) is 3.83. The lowest BCUT2D eigenvalue weighted by Gasteiger charge is -2.37. The Morgan fingerprint density at radius 1 is 1.29 bits per heavy atom. The number of carbonyl (C=O) groups is 1. The Labute approximate surface area is 128 Å². The second-order valence-corrected chi connectivity index (χ2v) is 5.40. The maximum atomic E-state index is 12.5. The molecule has 0 amide bonds. The van der Waals surface area contributed by atoms with E-state index < -0.39 is 5.54 Å². The predicted molar refractivity (Wildman–Crippen MR) is 86.2 cm³/mol. The fraction of sp³-hybridized carbons (Fsp3) is 0.588. The summed E-state index contributed by atoms with van der Waals surface area (Å²) in [7, 11) is 5.31. The molecule has 0 bridgehead atoms. The van der Waals surface area contributed by atoms with Gasteiger partial charge in [0.05, 0.1) is 7.11 Å². The Morgan fingerprint density at radius 2 is 1.86 bits per heavy atom. The minimum absolute atomic E-state index is 0.256. The summed E-state index contributed by atoms with van der Waals surface area (Å²) in [5.74, 6) is -0.256. The molecule has 0 aliphatic rings. The van der Waals surface area contributed by atoms with E-state index in [0.717, 1.165) is 18.4 Å². The molecule has 1 unspecified atom stereocenters. The number of nitrogens with zero attached hydrogens (tertiary/aromatic N) is 1. The van der Waals surface area contributed by atoms with E-state index in [9.17, 15) is 4.79 Å². The standard InChI is InChI=1S/C17H28N2O2/c1-6-15(7-2)19(4)13-17(18-3,16(20)21-5)14-11-9-8-10-12-14/h8-12,15,18H,6-7,13H2,1-5H3. The van der Waals surface area contributed by atoms with Crippen molar-refractivity contribution in [2.45, 2.75) is 38.3 Å². The number of benzene rings is 1. The molecule has 0 aromatic heterocycles. The second kappa shape index (κ2) is 8.15. The van der Waals surface area contributed by atoms with Crippen molar-refractivity contribution in [2.24, 2.45) is 0 Å². The van der Waals surface area contributed by atoms with Crippen molar-refractivity contribution in [3.8, 4) is 0 Å². The highest BCUT2D eigenvalue weighted by atomic mass is 16.5. The van der Waals surface area contributed by atoms with Crippen LogP contribution in [0.15, 0.2) is 30.3 Å². The third-order valence-corrected chi connectivity index (χ3v) is 4.28. The lowest BCUT2D eigenvalue weighted by molar-refractivity contribution is -0.150. The normalized spacial score (nSPS) is 14.2. The van der Waals surface area contributed by atoms with E-state index in [4.69, 9.17) is 4.74 Å². The molecule has 0 radical (unpaired) electrons. The fourth-order valence-corrected chi connectivity index (χ4v) is 2.91. The maximum absolute atomic E-state index is 12.5. The van der Waals surface area contributed by atoms with E-state index >= 15 is 0 Å². The van der Waals surface area contributed by atoms with Crippen LogP contribution in [0.4, 0.5) is 0 Å². The van der Waals surface area contributed by atoms with Gasteiger partial charge in [0.1, 0.15) is 0 Å². The Kier molecular flexibility index (Phi) is 6.85. The predicted octanol–water partition coefficient (Wildman–Crippen LogP) is 2.39. The van der Waals surface area contributed by atoms with Gasteiger partial charge in [0.15, 0.2) is 5.54 Å². The number of nitrogens with one attached hydrogen (secondary N) is 1. The fourth-order valence-electron chi connectivity index (χ4n) is 2.91. The zero-order valence-electron chi connectivity index (χ0n) is 13.8. The second-order valence-electron chi connectivity index (χ2n) is 5.40. The zero-order valence-corrected chi connectivity index (χ0v) is 13.8. The average Bonchev–Trinajstić information content (AvgIpc) is 2.53. The Balaban J connectivity index is 3.16. The van der Waals surface area contributed by atoms with Crippen LogP contribution in [0.1, 0.15) is 32.3 Å². The third-order valence-electron chi connectivity index (χ3n) is 4.28. The van der Waals surface area contributed by atoms with Crippen molar-refractivity contribution in [1.29, 1.82) is 0 Å². The van der Waals surface area contributed by atoms with E-state index in [1.165, 1.54) is 7.11 Å². The Morgan fingerprint density at radius 3 is 2.29 bits per heavy atom. The molecule has 0 heterocycles. The molecule has 1 atom stereocenters. The first-order valence-electron chi connectivity index (χ1n) is 7.58. The molecule has 0 saturated heterocycles. The Hall–Kier alpha value is -1.39. The number of esters is 1. The molecule has 4 heteroatoms. The highest BCUT2D eigenvalue weighted by Gasteiger charge is 2.41. The van der Waals surface area contributed by atoms with Crippen LogP contribution in [0.25, 0.3) is 0 Å². The van der Waals surface area contributed by atoms with Gasteiger partial charge in [-0.25, -0.2) is 4.79 Å². The topological polar surface area (TPSA) is 41.6 Å². The molecule has 0 aliphatic carbocycles. The van der Waals surface area contributed by atoms with Gasteiger partial charge in [-0.3, -0.25) is 0 Å². The summed E-state index contributed by atoms with van der Waals surface area (Å²) in [6.45, 7) is 4.92. The number of methoxy groups -OCH3 is 1. The van der Waals surface area contributed by atoms with Gasteiger partial charge in [-0.2, -0.15) is 0 Å². The first-order chi connectivity index (χ1) is 10.1. The van der Waals surface area contributed by atoms with Crippen LogP contribution in [0.2, 0.25) is 0 Å². The summed E-state index contributed by atoms with van der Waals surface area (Å²) in [5.41, 5.74) is 0.0880. The molecule has 1 aromatic rings. The number of rotatable bonds is 8. The molecule has 0 spiro atoms. The molecular weight excluding hydrogens is 264 g/mol. The lowest BCUT2D eigenvalue weighted by Crippen LogP contribution is -2.56. The van der Waals surface area contributed by atoms with Gasteiger partial charge in [0.25, 0.3) is 0 Å². The van der Waals surface area contributed by atoms with Crippen LogP contribution in [0.3, 0.4) is 0 Å². The van der Waals surface area contributed by atoms with Crippen LogP contribution in [0, 0.1) is 0 Å². The molecule has 21 heavy (non-hydrogen) atoms. The zero-order chi connectivity index (χ0) is 15.9. The summed E-state index contributed by atoms with van der Waals surface area (Å²) in [4.78, 5) is 14.7. The summed E-state index contributed by atoms with van der Waals surface area (Å²) < 4.78 is 5.08. The summed E-state index contributed by atoms with van der Waals surface area (Å²) >= 11 is 0. The van der Waals surface area contributed by atoms with Crippen LogP contribution in [-0.2, 0) is 15.1 Å². The van der Waals surface area contributed by atoms with Crippen molar-refractivity contribution in [3.05, 3.63) is 35.9 Å².